The number of hydrogen-bond acceptors (Lipinski definition) is 2. The van der Waals surface area contributed by atoms with Gasteiger partial charge < -0.3 is 5.11 Å². The van der Waals surface area contributed by atoms with Crippen LogP contribution in [-0.4, -0.2) is 11.1 Å². The highest BCUT2D eigenvalue weighted by molar-refractivity contribution is 6.30. The van der Waals surface area contributed by atoms with E-state index in [1.807, 2.05) is 30.3 Å². The van der Waals surface area contributed by atoms with Crippen LogP contribution in [0, 0.1) is 11.3 Å². The third-order valence-electron chi connectivity index (χ3n) is 3.39. The molecule has 0 aliphatic carbocycles. The Kier molecular flexibility index (Phi) is 4.97. The summed E-state index contributed by atoms with van der Waals surface area (Å²) in [5.74, 6) is -1.84. The Morgan fingerprint density at radius 2 is 1.71 bits per heavy atom. The predicted molar refractivity (Wildman–Crippen MR) is 81.2 cm³/mol. The number of hydrogen-bond donors (Lipinski definition) is 1. The summed E-state index contributed by atoms with van der Waals surface area (Å²) in [7, 11) is 0. The van der Waals surface area contributed by atoms with Gasteiger partial charge in [-0.2, -0.15) is 5.26 Å². The zero-order chi connectivity index (χ0) is 15.2. The van der Waals surface area contributed by atoms with Gasteiger partial charge in [0.25, 0.3) is 0 Å². The second kappa shape index (κ2) is 6.92. The highest BCUT2D eigenvalue weighted by atomic mass is 35.5. The highest BCUT2D eigenvalue weighted by Gasteiger charge is 2.27. The van der Waals surface area contributed by atoms with Crippen LogP contribution in [0.1, 0.15) is 29.4 Å². The van der Waals surface area contributed by atoms with Gasteiger partial charge in [0.15, 0.2) is 0 Å². The van der Waals surface area contributed by atoms with Crippen LogP contribution in [0.25, 0.3) is 0 Å². The molecular formula is C17H14ClNO2. The second-order valence-corrected chi connectivity index (χ2v) is 5.21. The van der Waals surface area contributed by atoms with Gasteiger partial charge in [0.05, 0.1) is 18.4 Å². The lowest BCUT2D eigenvalue weighted by Crippen LogP contribution is -2.14. The Hall–Kier alpha value is -2.31. The van der Waals surface area contributed by atoms with Crippen molar-refractivity contribution in [2.45, 2.75) is 18.3 Å². The summed E-state index contributed by atoms with van der Waals surface area (Å²) in [6.45, 7) is 0. The van der Waals surface area contributed by atoms with E-state index in [0.29, 0.717) is 5.02 Å². The van der Waals surface area contributed by atoms with Crippen LogP contribution < -0.4 is 0 Å². The summed E-state index contributed by atoms with van der Waals surface area (Å²) < 4.78 is 0. The Bertz CT molecular complexity index is 647. The van der Waals surface area contributed by atoms with Crippen molar-refractivity contribution >= 4 is 17.6 Å². The van der Waals surface area contributed by atoms with Crippen LogP contribution in [0.15, 0.2) is 54.6 Å². The molecule has 2 atom stereocenters. The highest BCUT2D eigenvalue weighted by Crippen LogP contribution is 2.35. The largest absolute Gasteiger partial charge is 0.481 e. The molecule has 3 nitrogen and oxygen atoms in total. The number of nitrogens with zero attached hydrogens (tertiary/aromatic N) is 1. The average molecular weight is 300 g/mol. The minimum absolute atomic E-state index is 0.0924. The van der Waals surface area contributed by atoms with Gasteiger partial charge >= 0.3 is 5.97 Å². The molecule has 2 unspecified atom stereocenters. The number of carbonyl (C=O) groups is 1. The normalized spacial score (nSPS) is 13.1. The van der Waals surface area contributed by atoms with E-state index in [1.54, 1.807) is 24.3 Å². The van der Waals surface area contributed by atoms with E-state index >= 15 is 0 Å². The van der Waals surface area contributed by atoms with Gasteiger partial charge in [0.2, 0.25) is 0 Å². The molecule has 0 saturated heterocycles. The van der Waals surface area contributed by atoms with E-state index in [1.165, 1.54) is 0 Å². The smallest absolute Gasteiger partial charge is 0.304 e. The zero-order valence-electron chi connectivity index (χ0n) is 11.2. The fraction of sp³-hybridized carbons (Fsp3) is 0.176. The van der Waals surface area contributed by atoms with Gasteiger partial charge in [-0.3, -0.25) is 4.79 Å². The Balaban J connectivity index is 2.40. The van der Waals surface area contributed by atoms with Crippen LogP contribution in [-0.2, 0) is 4.79 Å². The van der Waals surface area contributed by atoms with E-state index in [0.717, 1.165) is 11.1 Å². The maximum absolute atomic E-state index is 11.2. The summed E-state index contributed by atoms with van der Waals surface area (Å²) in [5, 5.41) is 19.3. The monoisotopic (exact) mass is 299 g/mol. The van der Waals surface area contributed by atoms with Crippen LogP contribution in [0.5, 0.6) is 0 Å². The third-order valence-corrected chi connectivity index (χ3v) is 3.64. The van der Waals surface area contributed by atoms with Crippen molar-refractivity contribution in [1.82, 2.24) is 0 Å². The van der Waals surface area contributed by atoms with Crippen molar-refractivity contribution in [2.75, 3.05) is 0 Å². The lowest BCUT2D eigenvalue weighted by molar-refractivity contribution is -0.137. The van der Waals surface area contributed by atoms with Crippen LogP contribution in [0.4, 0.5) is 0 Å². The van der Waals surface area contributed by atoms with Gasteiger partial charge in [-0.25, -0.2) is 0 Å². The lowest BCUT2D eigenvalue weighted by Gasteiger charge is -2.21. The summed E-state index contributed by atoms with van der Waals surface area (Å²) in [6.07, 6.45) is -0.0924. The standard InChI is InChI=1S/C17H14ClNO2/c18-14-8-6-13(7-9-14)16(11-19)15(10-17(20)21)12-4-2-1-3-5-12/h1-9,15-16H,10H2,(H,20,21). The fourth-order valence-corrected chi connectivity index (χ4v) is 2.51. The van der Waals surface area contributed by atoms with E-state index in [-0.39, 0.29) is 6.42 Å². The number of carboxylic acid groups (broad SMARTS) is 1. The van der Waals surface area contributed by atoms with Gasteiger partial charge in [-0.05, 0) is 23.3 Å². The molecule has 0 aliphatic heterocycles. The quantitative estimate of drug-likeness (QED) is 0.899. The maximum Gasteiger partial charge on any atom is 0.304 e. The molecule has 2 rings (SSSR count). The number of benzene rings is 2. The minimum Gasteiger partial charge on any atom is -0.481 e. The molecule has 0 radical (unpaired) electrons. The first-order valence-electron chi connectivity index (χ1n) is 6.53. The molecule has 0 spiro atoms. The molecule has 21 heavy (non-hydrogen) atoms. The molecule has 0 heterocycles. The zero-order valence-corrected chi connectivity index (χ0v) is 12.0. The third kappa shape index (κ3) is 3.84. The van der Waals surface area contributed by atoms with Crippen molar-refractivity contribution in [3.05, 3.63) is 70.7 Å². The number of halogens is 1. The molecule has 106 valence electrons. The Morgan fingerprint density at radius 3 is 2.24 bits per heavy atom. The SMILES string of the molecule is N#CC(c1ccc(Cl)cc1)C(CC(=O)O)c1ccccc1. The molecule has 0 aliphatic rings. The van der Waals surface area contributed by atoms with Crippen LogP contribution in [0.3, 0.4) is 0 Å². The number of nitriles is 1. The first-order chi connectivity index (χ1) is 10.1. The van der Waals surface area contributed by atoms with Gasteiger partial charge in [0, 0.05) is 10.9 Å². The molecule has 1 N–H and O–H groups in total. The first kappa shape index (κ1) is 15.1. The van der Waals surface area contributed by atoms with Gasteiger partial charge in [0.1, 0.15) is 0 Å². The maximum atomic E-state index is 11.2. The van der Waals surface area contributed by atoms with Crippen molar-refractivity contribution in [2.24, 2.45) is 0 Å². The minimum atomic E-state index is -0.918. The van der Waals surface area contributed by atoms with Crippen LogP contribution >= 0.6 is 11.6 Å². The number of rotatable bonds is 5. The molecule has 4 heteroatoms. The van der Waals surface area contributed by atoms with E-state index in [9.17, 15) is 10.1 Å². The van der Waals surface area contributed by atoms with Gasteiger partial charge in [-0.15, -0.1) is 0 Å². The Morgan fingerprint density at radius 1 is 1.10 bits per heavy atom. The lowest BCUT2D eigenvalue weighted by atomic mass is 9.80. The molecule has 2 aromatic rings. The van der Waals surface area contributed by atoms with Crippen molar-refractivity contribution in [1.29, 1.82) is 5.26 Å². The first-order valence-corrected chi connectivity index (χ1v) is 6.91. The molecule has 0 amide bonds. The summed E-state index contributed by atoms with van der Waals surface area (Å²) in [6, 6.07) is 18.5. The molecule has 0 saturated carbocycles. The van der Waals surface area contributed by atoms with E-state index < -0.39 is 17.8 Å². The fourth-order valence-electron chi connectivity index (χ4n) is 2.38. The number of carboxylic acids is 1. The molecule has 0 bridgehead atoms. The predicted octanol–water partition coefficient (Wildman–Crippen LogP) is 4.21. The van der Waals surface area contributed by atoms with E-state index in [4.69, 9.17) is 16.7 Å². The molecule has 2 aromatic carbocycles. The van der Waals surface area contributed by atoms with E-state index in [2.05, 4.69) is 6.07 Å². The number of aliphatic carboxylic acids is 1. The Labute approximate surface area is 128 Å². The second-order valence-electron chi connectivity index (χ2n) is 4.77. The summed E-state index contributed by atoms with van der Waals surface area (Å²) in [4.78, 5) is 11.2. The summed E-state index contributed by atoms with van der Waals surface area (Å²) >= 11 is 5.86. The van der Waals surface area contributed by atoms with Crippen LogP contribution in [0.2, 0.25) is 5.02 Å². The van der Waals surface area contributed by atoms with Crippen molar-refractivity contribution in [3.63, 3.8) is 0 Å². The van der Waals surface area contributed by atoms with Crippen molar-refractivity contribution < 1.29 is 9.90 Å². The topological polar surface area (TPSA) is 61.1 Å². The summed E-state index contributed by atoms with van der Waals surface area (Å²) in [5.41, 5.74) is 1.62. The average Bonchev–Trinajstić information content (AvgIpc) is 2.49. The molecular weight excluding hydrogens is 286 g/mol. The van der Waals surface area contributed by atoms with Gasteiger partial charge in [-0.1, -0.05) is 54.1 Å². The molecule has 0 fully saturated rings. The van der Waals surface area contributed by atoms with Crippen molar-refractivity contribution in [3.8, 4) is 6.07 Å². The molecule has 0 aromatic heterocycles.